The molecule has 554 valence electrons. The van der Waals surface area contributed by atoms with Gasteiger partial charge >= 0.3 is 25.6 Å². The van der Waals surface area contributed by atoms with E-state index in [1.807, 2.05) is 27.9 Å². The molecule has 11 aromatic rings. The zero-order chi connectivity index (χ0) is 75.4. The molecule has 8 aromatic heterocycles. The first kappa shape index (κ1) is 80.1. The summed E-state index contributed by atoms with van der Waals surface area (Å²) in [5.74, 6) is 2.35. The molecule has 3 aromatic carbocycles. The summed E-state index contributed by atoms with van der Waals surface area (Å²) >= 11 is 17.3. The number of alkyl halides is 9. The number of piperazine rings is 1. The summed E-state index contributed by atoms with van der Waals surface area (Å²) in [5, 5.41) is 37.0. The molecule has 105 heavy (non-hydrogen) atoms. The number of fused-ring (bicyclic) bond motifs is 4. The summed E-state index contributed by atoms with van der Waals surface area (Å²) in [6.45, 7) is 15.3. The van der Waals surface area contributed by atoms with E-state index in [0.29, 0.717) is 53.8 Å². The van der Waals surface area contributed by atoms with Crippen LogP contribution in [0.15, 0.2) is 181 Å². The van der Waals surface area contributed by atoms with Gasteiger partial charge in [0.15, 0.2) is 22.6 Å². The Kier molecular flexibility index (Phi) is 28.5. The fourth-order valence-corrected chi connectivity index (χ4v) is 12.8. The Labute approximate surface area is 624 Å². The molecule has 4 aliphatic rings. The van der Waals surface area contributed by atoms with Crippen molar-refractivity contribution in [1.29, 1.82) is 0 Å². The summed E-state index contributed by atoms with van der Waals surface area (Å²) in [6, 6.07) is 22.8. The van der Waals surface area contributed by atoms with Gasteiger partial charge in [-0.3, -0.25) is 9.59 Å². The van der Waals surface area contributed by atoms with E-state index in [1.165, 1.54) is 124 Å². The highest BCUT2D eigenvalue weighted by Crippen LogP contribution is 2.40. The highest BCUT2D eigenvalue weighted by Gasteiger charge is 2.37. The Bertz CT molecular complexity index is 4700. The van der Waals surface area contributed by atoms with E-state index in [-0.39, 0.29) is 17.0 Å². The van der Waals surface area contributed by atoms with Crippen LogP contribution in [0.5, 0.6) is 0 Å². The molecule has 3 N–H and O–H groups in total. The van der Waals surface area contributed by atoms with Gasteiger partial charge in [0.25, 0.3) is 0 Å². The first-order valence-corrected chi connectivity index (χ1v) is 35.4. The number of hydrogen-bond acceptors (Lipinski definition) is 16. The van der Waals surface area contributed by atoms with Gasteiger partial charge in [0.2, 0.25) is 11.1 Å². The summed E-state index contributed by atoms with van der Waals surface area (Å²) in [7, 11) is -2.10. The molecule has 12 heterocycles. The Morgan fingerprint density at radius 2 is 0.838 bits per heavy atom. The van der Waals surface area contributed by atoms with E-state index in [4.69, 9.17) is 33.2 Å². The zero-order valence-electron chi connectivity index (χ0n) is 56.2. The molecule has 0 spiro atoms. The molecule has 0 unspecified atom stereocenters. The maximum atomic E-state index is 13.4. The first-order valence-electron chi connectivity index (χ1n) is 33.1. The number of amides is 1. The second kappa shape index (κ2) is 37.3. The Hall–Kier alpha value is -8.99. The lowest BCUT2D eigenvalue weighted by Crippen LogP contribution is -2.48. The molecule has 35 heteroatoms. The van der Waals surface area contributed by atoms with E-state index in [0.717, 1.165) is 106 Å². The van der Waals surface area contributed by atoms with E-state index in [9.17, 15) is 49.1 Å². The van der Waals surface area contributed by atoms with Crippen LogP contribution in [0.1, 0.15) is 74.5 Å². The average Bonchev–Trinajstić information content (AvgIpc) is 1.64. The van der Waals surface area contributed by atoms with Crippen LogP contribution in [0.2, 0.25) is 5.15 Å². The molecule has 0 bridgehead atoms. The van der Waals surface area contributed by atoms with Gasteiger partial charge in [0.1, 0.15) is 47.4 Å². The summed E-state index contributed by atoms with van der Waals surface area (Å²) in [6.07, 6.45) is 13.3. The van der Waals surface area contributed by atoms with Crippen molar-refractivity contribution in [3.05, 3.63) is 203 Å². The quantitative estimate of drug-likeness (QED) is 0.0557. The van der Waals surface area contributed by atoms with Gasteiger partial charge in [0.05, 0.1) is 16.7 Å². The molecular weight excluding hydrogens is 1560 g/mol. The van der Waals surface area contributed by atoms with E-state index in [2.05, 4.69) is 107 Å². The number of carbonyl (C=O) groups excluding carboxylic acids is 2. The van der Waals surface area contributed by atoms with Crippen molar-refractivity contribution in [2.75, 3.05) is 80.1 Å². The fraction of sp³-hybridized carbons (Fsp3) is 0.314. The van der Waals surface area contributed by atoms with Crippen molar-refractivity contribution >= 4 is 118 Å². The molecule has 15 rings (SSSR count). The van der Waals surface area contributed by atoms with Crippen molar-refractivity contribution in [3.8, 4) is 22.3 Å². The Balaban J connectivity index is 0.000000152. The highest BCUT2D eigenvalue weighted by atomic mass is 79.9. The van der Waals surface area contributed by atoms with Crippen LogP contribution in [0.3, 0.4) is 0 Å². The number of piperidine rings is 3. The second-order valence-electron chi connectivity index (χ2n) is 23.9. The molecule has 0 atom stereocenters. The van der Waals surface area contributed by atoms with Crippen molar-refractivity contribution in [3.63, 3.8) is 0 Å². The minimum absolute atomic E-state index is 0.0952. The van der Waals surface area contributed by atoms with Gasteiger partial charge in [-0.05, 0) is 173 Å². The number of halogens is 13. The van der Waals surface area contributed by atoms with E-state index >= 15 is 0 Å². The summed E-state index contributed by atoms with van der Waals surface area (Å²) in [4.78, 5) is 46.4. The van der Waals surface area contributed by atoms with Gasteiger partial charge in [-0.25, -0.2) is 38.0 Å². The number of allylic oxidation sites excluding steroid dienone is 1. The number of nitrogens with zero attached hydrogens (tertiary/aromatic N) is 16. The molecular formula is C70H71BBr2Cl2F9N17O4. The van der Waals surface area contributed by atoms with E-state index < -0.39 is 53.0 Å². The molecule has 0 radical (unpaired) electrons. The topological polar surface area (TPSA) is 220 Å². The third-order valence-electron chi connectivity index (χ3n) is 16.8. The van der Waals surface area contributed by atoms with Gasteiger partial charge in [-0.15, -0.1) is 0 Å². The van der Waals surface area contributed by atoms with Crippen LogP contribution in [0.25, 0.3) is 44.3 Å². The van der Waals surface area contributed by atoms with Crippen molar-refractivity contribution in [2.45, 2.75) is 76.3 Å². The van der Waals surface area contributed by atoms with Gasteiger partial charge < -0.3 is 35.0 Å². The number of nitrogens with one attached hydrogen (secondary N) is 1. The lowest BCUT2D eigenvalue weighted by Gasteiger charge is -2.35. The van der Waals surface area contributed by atoms with Crippen LogP contribution in [-0.4, -0.2) is 157 Å². The largest absolute Gasteiger partial charge is 0.489 e. The highest BCUT2D eigenvalue weighted by molar-refractivity contribution is 9.10. The number of benzene rings is 3. The fourth-order valence-electron chi connectivity index (χ4n) is 11.8. The number of aromatic nitrogens is 12. The lowest BCUT2D eigenvalue weighted by atomic mass is 9.77. The smallest absolute Gasteiger partial charge is 0.423 e. The molecule has 4 fully saturated rings. The normalized spacial score (nSPS) is 14.7. The number of carbonyl (C=O) groups is 2. The van der Waals surface area contributed by atoms with Crippen LogP contribution in [0, 0.1) is 0 Å². The van der Waals surface area contributed by atoms with Crippen LogP contribution >= 0.6 is 55.1 Å². The predicted molar refractivity (Wildman–Crippen MR) is 393 cm³/mol. The third kappa shape index (κ3) is 21.8. The lowest BCUT2D eigenvalue weighted by molar-refractivity contribution is -0.137. The summed E-state index contributed by atoms with van der Waals surface area (Å²) in [5.41, 5.74) is 1.51. The average molecular weight is 1630 g/mol. The van der Waals surface area contributed by atoms with Crippen LogP contribution in [0.4, 0.5) is 57.0 Å². The Morgan fingerprint density at radius 3 is 1.21 bits per heavy atom. The van der Waals surface area contributed by atoms with Crippen molar-refractivity contribution in [1.82, 2.24) is 68.6 Å². The molecule has 4 saturated heterocycles. The SMILES string of the molecule is Brc1cc2c(N3CCCCC3)ncnn2c1.C1CCNCC1.C=CC(=O)Cl.C=CC(=O)N1CCN(c2ncnn3cc(-c4ccccc4C(F)(F)F)cc23)CC1.Clc1ncnn2cc(Br)cc12.FC(F)(F)c1ccccc1-c1cc2c(N3CCCCC3)ncnn2c1.OB(O)c1ccccc1C(F)(F)F. The monoisotopic (exact) mass is 1620 g/mol. The molecule has 1 amide bonds. The van der Waals surface area contributed by atoms with Crippen LogP contribution < -0.4 is 25.5 Å². The van der Waals surface area contributed by atoms with Gasteiger partial charge in [-0.2, -0.15) is 59.9 Å². The van der Waals surface area contributed by atoms with Gasteiger partial charge in [0, 0.05) is 97.2 Å². The summed E-state index contributed by atoms with van der Waals surface area (Å²) < 4.78 is 125. The first-order chi connectivity index (χ1) is 50.2. The zero-order valence-corrected chi connectivity index (χ0v) is 60.9. The maximum absolute atomic E-state index is 13.4. The predicted octanol–water partition coefficient (Wildman–Crippen LogP) is 14.4. The standard InChI is InChI=1S/C20H18F3N5O.C18H17F3N4.C11H13BrN4.C7H6BF3O2.C6H3BrClN3.C5H11N.C3H3ClO/c1-2-18(29)26-7-9-27(10-8-26)19-17-11-14(12-28(17)25-13-24-19)15-5-3-4-6-16(15)20(21,22)23;19-18(20,21)15-7-3-2-6-14(15)13-10-16-17(22-12-23-25(16)11-13)24-8-4-1-5-9-24;12-9-6-10-11(13-8-14-16(10)7-9)15-4-2-1-3-5-15;9-7(10,11)5-3-1-2-4-6(5)8(12)13;7-4-1-5-6(8)9-3-10-11(5)2-4;1-2-4-6-5-3-1;1-2-3(4)5/h2-6,11-13H,1,7-10H2;2-3,6-7,10-12H,1,4-5,8-9H2;6-8H,1-5H2;1-4,12-13H;1-3H;6H,1-5H2;2H,1H2. The molecule has 4 aliphatic heterocycles. The van der Waals surface area contributed by atoms with Crippen molar-refractivity contribution < 1.29 is 59.2 Å². The maximum Gasteiger partial charge on any atom is 0.489 e. The second-order valence-corrected chi connectivity index (χ2v) is 26.4. The Morgan fingerprint density at radius 1 is 0.476 bits per heavy atom. The van der Waals surface area contributed by atoms with Crippen LogP contribution in [-0.2, 0) is 28.1 Å². The molecule has 21 nitrogen and oxygen atoms in total. The number of anilines is 3. The third-order valence-corrected chi connectivity index (χ3v) is 18.1. The van der Waals surface area contributed by atoms with E-state index in [1.54, 1.807) is 56.9 Å². The minimum atomic E-state index is -4.56. The molecule has 0 saturated carbocycles. The number of rotatable bonds is 8. The minimum Gasteiger partial charge on any atom is -0.423 e. The molecule has 0 aliphatic carbocycles. The number of hydrogen-bond donors (Lipinski definition) is 3. The van der Waals surface area contributed by atoms with Crippen molar-refractivity contribution in [2.24, 2.45) is 0 Å². The van der Waals surface area contributed by atoms with Gasteiger partial charge in [-0.1, -0.05) is 91.8 Å².